The number of imidazole rings is 1. The summed E-state index contributed by atoms with van der Waals surface area (Å²) in [6.07, 6.45) is 0.954. The standard InChI is InChI=1S/C22H24N4O6S2/c1-4-18-24-19(33-3)20(32-22(28)29)26(18)13-14-9-11-15(12-10-14)16-7-5-6-8-17(16)34(30,31)25-21(27)23-2/h5-12H,4,13H2,1-3H3,(H,28,29)(H2,23,25,27). The Morgan fingerprint density at radius 2 is 1.82 bits per heavy atom. The van der Waals surface area contributed by atoms with E-state index >= 15 is 0 Å². The number of carboxylic acid groups (broad SMARTS) is 1. The maximum absolute atomic E-state index is 12.7. The third-order valence-corrected chi connectivity index (χ3v) is 6.94. The van der Waals surface area contributed by atoms with Crippen molar-refractivity contribution in [2.75, 3.05) is 13.3 Å². The van der Waals surface area contributed by atoms with Crippen LogP contribution in [0.15, 0.2) is 58.5 Å². The van der Waals surface area contributed by atoms with E-state index in [4.69, 9.17) is 9.84 Å². The quantitative estimate of drug-likeness (QED) is 0.313. The predicted octanol–water partition coefficient (Wildman–Crippen LogP) is 3.56. The number of ether oxygens (including phenoxy) is 1. The Kier molecular flexibility index (Phi) is 7.84. The molecule has 0 spiro atoms. The van der Waals surface area contributed by atoms with E-state index in [1.807, 2.05) is 23.8 Å². The van der Waals surface area contributed by atoms with Crippen molar-refractivity contribution in [3.63, 3.8) is 0 Å². The molecule has 12 heteroatoms. The molecule has 3 N–H and O–H groups in total. The topological polar surface area (TPSA) is 140 Å². The molecular formula is C22H24N4O6S2. The van der Waals surface area contributed by atoms with Crippen LogP contribution in [0.3, 0.4) is 0 Å². The van der Waals surface area contributed by atoms with Crippen LogP contribution in [0.4, 0.5) is 9.59 Å². The van der Waals surface area contributed by atoms with Crippen molar-refractivity contribution in [3.8, 4) is 17.0 Å². The number of nitrogens with zero attached hydrogens (tertiary/aromatic N) is 2. The maximum atomic E-state index is 12.7. The molecular weight excluding hydrogens is 480 g/mol. The van der Waals surface area contributed by atoms with Crippen molar-refractivity contribution in [2.24, 2.45) is 0 Å². The molecule has 0 aliphatic heterocycles. The summed E-state index contributed by atoms with van der Waals surface area (Å²) < 4.78 is 34.0. The Bertz CT molecular complexity index is 1300. The zero-order valence-electron chi connectivity index (χ0n) is 18.7. The molecule has 3 rings (SSSR count). The summed E-state index contributed by atoms with van der Waals surface area (Å²) in [5.41, 5.74) is 1.90. The Morgan fingerprint density at radius 3 is 2.41 bits per heavy atom. The normalized spacial score (nSPS) is 11.1. The minimum Gasteiger partial charge on any atom is -0.449 e. The number of aromatic nitrogens is 2. The number of hydrogen-bond donors (Lipinski definition) is 3. The lowest BCUT2D eigenvalue weighted by atomic mass is 10.0. The molecule has 0 unspecified atom stereocenters. The van der Waals surface area contributed by atoms with Gasteiger partial charge in [0, 0.05) is 19.0 Å². The fourth-order valence-corrected chi connectivity index (χ4v) is 5.06. The highest BCUT2D eigenvalue weighted by molar-refractivity contribution is 7.98. The largest absolute Gasteiger partial charge is 0.512 e. The van der Waals surface area contributed by atoms with E-state index in [0.29, 0.717) is 34.9 Å². The first-order valence-corrected chi connectivity index (χ1v) is 12.9. The Labute approximate surface area is 201 Å². The number of urea groups is 1. The molecule has 34 heavy (non-hydrogen) atoms. The van der Waals surface area contributed by atoms with Crippen LogP contribution in [-0.2, 0) is 23.0 Å². The van der Waals surface area contributed by atoms with Crippen LogP contribution in [-0.4, -0.2) is 48.6 Å². The van der Waals surface area contributed by atoms with Crippen molar-refractivity contribution in [1.82, 2.24) is 19.6 Å². The predicted molar refractivity (Wildman–Crippen MR) is 128 cm³/mol. The average Bonchev–Trinajstić information content (AvgIpc) is 3.14. The van der Waals surface area contributed by atoms with Crippen molar-refractivity contribution < 1.29 is 27.9 Å². The molecule has 0 aliphatic rings. The van der Waals surface area contributed by atoms with Crippen molar-refractivity contribution in [1.29, 1.82) is 0 Å². The highest BCUT2D eigenvalue weighted by atomic mass is 32.2. The summed E-state index contributed by atoms with van der Waals surface area (Å²) in [5.74, 6) is 0.846. The molecule has 0 saturated heterocycles. The second kappa shape index (κ2) is 10.6. The van der Waals surface area contributed by atoms with E-state index in [9.17, 15) is 18.0 Å². The minimum atomic E-state index is -4.08. The SMILES string of the molecule is CCc1nc(SC)c(OC(=O)O)n1Cc1ccc(-c2ccccc2S(=O)(=O)NC(=O)NC)cc1. The van der Waals surface area contributed by atoms with Gasteiger partial charge in [0.1, 0.15) is 5.82 Å². The van der Waals surface area contributed by atoms with Gasteiger partial charge in [-0.3, -0.25) is 4.57 Å². The van der Waals surface area contributed by atoms with Gasteiger partial charge in [-0.25, -0.2) is 27.7 Å². The zero-order chi connectivity index (χ0) is 24.9. The van der Waals surface area contributed by atoms with Crippen LogP contribution in [0.1, 0.15) is 18.3 Å². The second-order valence-electron chi connectivity index (χ2n) is 7.03. The van der Waals surface area contributed by atoms with Crippen LogP contribution in [0.2, 0.25) is 0 Å². The number of rotatable bonds is 8. The molecule has 0 atom stereocenters. The second-order valence-corrected chi connectivity index (χ2v) is 9.47. The van der Waals surface area contributed by atoms with E-state index in [-0.39, 0.29) is 10.8 Å². The summed E-state index contributed by atoms with van der Waals surface area (Å²) in [6.45, 7) is 2.23. The van der Waals surface area contributed by atoms with Gasteiger partial charge in [0.2, 0.25) is 5.88 Å². The summed E-state index contributed by atoms with van der Waals surface area (Å²) in [4.78, 5) is 27.2. The third-order valence-electron chi connectivity index (χ3n) is 4.90. The molecule has 1 heterocycles. The number of amides is 2. The van der Waals surface area contributed by atoms with Crippen LogP contribution >= 0.6 is 11.8 Å². The number of sulfonamides is 1. The Morgan fingerprint density at radius 1 is 1.15 bits per heavy atom. The number of thioether (sulfide) groups is 1. The first kappa shape index (κ1) is 25.1. The lowest BCUT2D eigenvalue weighted by Crippen LogP contribution is -2.37. The monoisotopic (exact) mass is 504 g/mol. The van der Waals surface area contributed by atoms with Gasteiger partial charge < -0.3 is 15.2 Å². The number of carbonyl (C=O) groups is 2. The number of nitrogens with one attached hydrogen (secondary N) is 2. The maximum Gasteiger partial charge on any atom is 0.512 e. The number of aryl methyl sites for hydroxylation is 1. The van der Waals surface area contributed by atoms with E-state index in [0.717, 1.165) is 5.56 Å². The molecule has 0 bridgehead atoms. The Balaban J connectivity index is 1.95. The lowest BCUT2D eigenvalue weighted by Gasteiger charge is -2.13. The van der Waals surface area contributed by atoms with Gasteiger partial charge in [0.25, 0.3) is 10.0 Å². The first-order chi connectivity index (χ1) is 16.2. The van der Waals surface area contributed by atoms with E-state index < -0.39 is 22.2 Å². The molecule has 0 fully saturated rings. The first-order valence-electron chi connectivity index (χ1n) is 10.2. The van der Waals surface area contributed by atoms with Crippen molar-refractivity contribution in [3.05, 3.63) is 59.9 Å². The number of carbonyl (C=O) groups excluding carboxylic acids is 1. The van der Waals surface area contributed by atoms with Gasteiger partial charge in [0.15, 0.2) is 5.03 Å². The fourth-order valence-electron chi connectivity index (χ4n) is 3.35. The molecule has 0 saturated carbocycles. The zero-order valence-corrected chi connectivity index (χ0v) is 20.4. The van der Waals surface area contributed by atoms with Crippen LogP contribution in [0.5, 0.6) is 5.88 Å². The highest BCUT2D eigenvalue weighted by Crippen LogP contribution is 2.31. The highest BCUT2D eigenvalue weighted by Gasteiger charge is 2.22. The number of hydrogen-bond acceptors (Lipinski definition) is 7. The summed E-state index contributed by atoms with van der Waals surface area (Å²) >= 11 is 1.30. The summed E-state index contributed by atoms with van der Waals surface area (Å²) in [7, 11) is -2.76. The third kappa shape index (κ3) is 5.51. The van der Waals surface area contributed by atoms with Gasteiger partial charge in [0.05, 0.1) is 11.4 Å². The van der Waals surface area contributed by atoms with Crippen molar-refractivity contribution in [2.45, 2.75) is 29.8 Å². The average molecular weight is 505 g/mol. The molecule has 0 radical (unpaired) electrons. The van der Waals surface area contributed by atoms with Crippen molar-refractivity contribution >= 4 is 34.0 Å². The molecule has 10 nitrogen and oxygen atoms in total. The lowest BCUT2D eigenvalue weighted by molar-refractivity contribution is 0.139. The van der Waals surface area contributed by atoms with E-state index in [2.05, 4.69) is 10.3 Å². The van der Waals surface area contributed by atoms with Gasteiger partial charge >= 0.3 is 12.2 Å². The summed E-state index contributed by atoms with van der Waals surface area (Å²) in [6, 6.07) is 12.7. The molecule has 0 aliphatic carbocycles. The van der Waals surface area contributed by atoms with Gasteiger partial charge in [-0.2, -0.15) is 0 Å². The Hall–Kier alpha value is -3.51. The van der Waals surface area contributed by atoms with Crippen LogP contribution in [0.25, 0.3) is 11.1 Å². The van der Waals surface area contributed by atoms with E-state index in [1.54, 1.807) is 41.2 Å². The minimum absolute atomic E-state index is 0.0315. The summed E-state index contributed by atoms with van der Waals surface area (Å²) in [5, 5.41) is 11.8. The molecule has 2 amide bonds. The molecule has 1 aromatic heterocycles. The van der Waals surface area contributed by atoms with Gasteiger partial charge in [-0.1, -0.05) is 49.4 Å². The molecule has 180 valence electrons. The molecule has 3 aromatic rings. The fraction of sp³-hybridized carbons (Fsp3) is 0.227. The van der Waals surface area contributed by atoms with Gasteiger partial charge in [-0.05, 0) is 23.4 Å². The van der Waals surface area contributed by atoms with Crippen LogP contribution < -0.4 is 14.8 Å². The molecule has 2 aromatic carbocycles. The number of benzene rings is 2. The smallest absolute Gasteiger partial charge is 0.449 e. The van der Waals surface area contributed by atoms with Crippen LogP contribution in [0, 0.1) is 0 Å². The van der Waals surface area contributed by atoms with Gasteiger partial charge in [-0.15, -0.1) is 11.8 Å². The van der Waals surface area contributed by atoms with E-state index in [1.165, 1.54) is 24.9 Å².